The second-order valence-corrected chi connectivity index (χ2v) is 8.32. The summed E-state index contributed by atoms with van der Waals surface area (Å²) in [6.45, 7) is 0. The number of fused-ring (bicyclic) bond motifs is 3. The fourth-order valence-electron chi connectivity index (χ4n) is 3.75. The van der Waals surface area contributed by atoms with Crippen LogP contribution in [0, 0.1) is 5.92 Å². The maximum absolute atomic E-state index is 11.7. The molecule has 2 aromatic carbocycles. The van der Waals surface area contributed by atoms with Crippen LogP contribution < -0.4 is 10.5 Å². The van der Waals surface area contributed by atoms with E-state index in [1.165, 1.54) is 5.56 Å². The first-order valence-electron chi connectivity index (χ1n) is 7.79. The predicted molar refractivity (Wildman–Crippen MR) is 95.6 cm³/mol. The largest absolute Gasteiger partial charge is 0.378 e. The standard InChI is InChI=1S/C18H17ClN2O2S/c19-12-6-4-11(5-7-12)18-15-3-1-2-14(15)16-10-13(24(20,22)23)8-9-17(16)21-18/h1-2,4-10,14-15,18,21H,3H2,(H2,20,22,23)/t14-,15-,18-/m1/s1. The van der Waals surface area contributed by atoms with Crippen LogP contribution in [0.4, 0.5) is 5.69 Å². The molecule has 6 heteroatoms. The van der Waals surface area contributed by atoms with E-state index in [9.17, 15) is 8.42 Å². The maximum atomic E-state index is 11.7. The minimum absolute atomic E-state index is 0.159. The summed E-state index contributed by atoms with van der Waals surface area (Å²) in [5, 5.41) is 9.56. The predicted octanol–water partition coefficient (Wildman–Crippen LogP) is 3.81. The molecule has 0 fully saturated rings. The van der Waals surface area contributed by atoms with E-state index in [0.29, 0.717) is 10.9 Å². The lowest BCUT2D eigenvalue weighted by molar-refractivity contribution is 0.425. The van der Waals surface area contributed by atoms with E-state index in [2.05, 4.69) is 17.5 Å². The van der Waals surface area contributed by atoms with Gasteiger partial charge in [-0.2, -0.15) is 0 Å². The monoisotopic (exact) mass is 360 g/mol. The highest BCUT2D eigenvalue weighted by Gasteiger charge is 2.38. The highest BCUT2D eigenvalue weighted by Crippen LogP contribution is 2.50. The molecule has 3 atom stereocenters. The van der Waals surface area contributed by atoms with Crippen LogP contribution in [0.1, 0.15) is 29.5 Å². The van der Waals surface area contributed by atoms with Crippen molar-refractivity contribution in [2.75, 3.05) is 5.32 Å². The lowest BCUT2D eigenvalue weighted by Gasteiger charge is -2.37. The highest BCUT2D eigenvalue weighted by atomic mass is 35.5. The number of benzene rings is 2. The Morgan fingerprint density at radius 1 is 1.12 bits per heavy atom. The molecule has 2 aromatic rings. The lowest BCUT2D eigenvalue weighted by Crippen LogP contribution is -2.29. The fourth-order valence-corrected chi connectivity index (χ4v) is 4.42. The number of primary sulfonamides is 1. The second-order valence-electron chi connectivity index (χ2n) is 6.32. The lowest BCUT2D eigenvalue weighted by atomic mass is 9.77. The molecule has 4 rings (SSSR count). The number of halogens is 1. The second kappa shape index (κ2) is 5.62. The van der Waals surface area contributed by atoms with Gasteiger partial charge in [0.05, 0.1) is 10.9 Å². The van der Waals surface area contributed by atoms with Gasteiger partial charge in [-0.15, -0.1) is 0 Å². The fraction of sp³-hybridized carbons (Fsp3) is 0.222. The zero-order chi connectivity index (χ0) is 16.9. The van der Waals surface area contributed by atoms with Crippen molar-refractivity contribution in [1.82, 2.24) is 0 Å². The van der Waals surface area contributed by atoms with E-state index in [4.69, 9.17) is 16.7 Å². The van der Waals surface area contributed by atoms with Gasteiger partial charge in [0.2, 0.25) is 10.0 Å². The summed E-state index contributed by atoms with van der Waals surface area (Å²) in [5.74, 6) is 0.526. The van der Waals surface area contributed by atoms with Gasteiger partial charge in [0.25, 0.3) is 0 Å². The number of nitrogens with two attached hydrogens (primary N) is 1. The molecule has 124 valence electrons. The number of rotatable bonds is 2. The summed E-state index contributed by atoms with van der Waals surface area (Å²) in [4.78, 5) is 0.159. The number of hydrogen-bond donors (Lipinski definition) is 2. The maximum Gasteiger partial charge on any atom is 0.238 e. The van der Waals surface area contributed by atoms with E-state index in [1.54, 1.807) is 18.2 Å². The molecular formula is C18H17ClN2O2S. The van der Waals surface area contributed by atoms with Crippen LogP contribution >= 0.6 is 11.6 Å². The normalized spacial score (nSPS) is 25.0. The van der Waals surface area contributed by atoms with Gasteiger partial charge in [-0.25, -0.2) is 13.6 Å². The molecule has 0 saturated carbocycles. The zero-order valence-corrected chi connectivity index (χ0v) is 14.4. The number of anilines is 1. The van der Waals surface area contributed by atoms with Gasteiger partial charge >= 0.3 is 0 Å². The molecule has 3 N–H and O–H groups in total. The minimum Gasteiger partial charge on any atom is -0.378 e. The van der Waals surface area contributed by atoms with Crippen LogP contribution in [0.2, 0.25) is 5.02 Å². The quantitative estimate of drug-likeness (QED) is 0.800. The van der Waals surface area contributed by atoms with E-state index in [-0.39, 0.29) is 16.9 Å². The number of hydrogen-bond acceptors (Lipinski definition) is 3. The first-order chi connectivity index (χ1) is 11.4. The van der Waals surface area contributed by atoms with Crippen molar-refractivity contribution in [3.05, 3.63) is 70.8 Å². The number of sulfonamides is 1. The van der Waals surface area contributed by atoms with Gasteiger partial charge < -0.3 is 5.32 Å². The van der Waals surface area contributed by atoms with Crippen LogP contribution in [-0.2, 0) is 10.0 Å². The first-order valence-corrected chi connectivity index (χ1v) is 9.71. The average Bonchev–Trinajstić information content (AvgIpc) is 3.03. The summed E-state index contributed by atoms with van der Waals surface area (Å²) in [5.41, 5.74) is 3.12. The van der Waals surface area contributed by atoms with Gasteiger partial charge in [-0.1, -0.05) is 35.9 Å². The van der Waals surface area contributed by atoms with E-state index < -0.39 is 10.0 Å². The van der Waals surface area contributed by atoms with Crippen molar-refractivity contribution >= 4 is 27.3 Å². The Balaban J connectivity index is 1.79. The molecule has 4 nitrogen and oxygen atoms in total. The first kappa shape index (κ1) is 15.7. The summed E-state index contributed by atoms with van der Waals surface area (Å²) in [6, 6.07) is 13.1. The molecule has 0 saturated heterocycles. The van der Waals surface area contributed by atoms with Crippen molar-refractivity contribution in [2.45, 2.75) is 23.3 Å². The molecule has 24 heavy (non-hydrogen) atoms. The molecule has 1 heterocycles. The topological polar surface area (TPSA) is 72.2 Å². The number of allylic oxidation sites excluding steroid dienone is 2. The summed E-state index contributed by atoms with van der Waals surface area (Å²) in [6.07, 6.45) is 5.28. The Morgan fingerprint density at radius 3 is 2.58 bits per heavy atom. The minimum atomic E-state index is -3.70. The van der Waals surface area contributed by atoms with Gasteiger partial charge in [0, 0.05) is 16.6 Å². The number of nitrogens with one attached hydrogen (secondary N) is 1. The smallest absolute Gasteiger partial charge is 0.238 e. The molecule has 0 spiro atoms. The molecule has 0 aromatic heterocycles. The van der Waals surface area contributed by atoms with Crippen molar-refractivity contribution in [2.24, 2.45) is 11.1 Å². The third kappa shape index (κ3) is 2.62. The van der Waals surface area contributed by atoms with Crippen molar-refractivity contribution in [3.8, 4) is 0 Å². The van der Waals surface area contributed by atoms with Gasteiger partial charge in [-0.3, -0.25) is 0 Å². The van der Waals surface area contributed by atoms with Crippen LogP contribution in [-0.4, -0.2) is 8.42 Å². The van der Waals surface area contributed by atoms with Crippen LogP contribution in [0.15, 0.2) is 59.5 Å². The molecule has 0 bridgehead atoms. The van der Waals surface area contributed by atoms with E-state index in [1.807, 2.05) is 24.3 Å². The van der Waals surface area contributed by atoms with E-state index in [0.717, 1.165) is 17.7 Å². The Hall–Kier alpha value is -1.82. The van der Waals surface area contributed by atoms with Crippen molar-refractivity contribution in [1.29, 1.82) is 0 Å². The van der Waals surface area contributed by atoms with Crippen LogP contribution in [0.3, 0.4) is 0 Å². The molecule has 0 amide bonds. The molecule has 0 radical (unpaired) electrons. The SMILES string of the molecule is NS(=O)(=O)c1ccc2c(c1)[C@@H]1C=CC[C@H]1[C@@H](c1ccc(Cl)cc1)N2. The average molecular weight is 361 g/mol. The van der Waals surface area contributed by atoms with Crippen LogP contribution in [0.25, 0.3) is 0 Å². The van der Waals surface area contributed by atoms with Crippen molar-refractivity contribution in [3.63, 3.8) is 0 Å². The Labute approximate surface area is 146 Å². The molecule has 0 unspecified atom stereocenters. The third-order valence-corrected chi connectivity index (χ3v) is 6.05. The molecular weight excluding hydrogens is 344 g/mol. The Bertz CT molecular complexity index is 923. The third-order valence-electron chi connectivity index (χ3n) is 4.89. The van der Waals surface area contributed by atoms with E-state index >= 15 is 0 Å². The van der Waals surface area contributed by atoms with Crippen molar-refractivity contribution < 1.29 is 8.42 Å². The summed E-state index contributed by atoms with van der Waals surface area (Å²) in [7, 11) is -3.70. The van der Waals surface area contributed by atoms with Gasteiger partial charge in [0.1, 0.15) is 0 Å². The Kier molecular flexibility index (Phi) is 3.67. The van der Waals surface area contributed by atoms with Gasteiger partial charge in [-0.05, 0) is 53.8 Å². The molecule has 2 aliphatic rings. The summed E-state index contributed by atoms with van der Waals surface area (Å²) < 4.78 is 23.3. The molecule has 1 aliphatic heterocycles. The highest BCUT2D eigenvalue weighted by molar-refractivity contribution is 7.89. The summed E-state index contributed by atoms with van der Waals surface area (Å²) >= 11 is 6.00. The van der Waals surface area contributed by atoms with Crippen LogP contribution in [0.5, 0.6) is 0 Å². The van der Waals surface area contributed by atoms with Gasteiger partial charge in [0.15, 0.2) is 0 Å². The zero-order valence-electron chi connectivity index (χ0n) is 12.8. The Morgan fingerprint density at radius 2 is 1.88 bits per heavy atom. The molecule has 1 aliphatic carbocycles.